The van der Waals surface area contributed by atoms with Crippen LogP contribution in [0, 0.1) is 0 Å². The molecule has 0 N–H and O–H groups in total. The number of carbonyl (C=O) groups is 1. The van der Waals surface area contributed by atoms with Gasteiger partial charge in [0.1, 0.15) is 5.01 Å². The number of likely N-dealkylation sites (tertiary alicyclic amines) is 1. The molecule has 4 aromatic rings. The number of carbonyl (C=O) groups excluding carboxylic acids is 1. The second-order valence-electron chi connectivity index (χ2n) is 11.2. The molecule has 42 heavy (non-hydrogen) atoms. The van der Waals surface area contributed by atoms with Gasteiger partial charge in [0.2, 0.25) is 0 Å². The summed E-state index contributed by atoms with van der Waals surface area (Å²) < 4.78 is 1.80. The third-order valence-corrected chi connectivity index (χ3v) is 9.15. The van der Waals surface area contributed by atoms with Gasteiger partial charge < -0.3 is 4.90 Å². The number of para-hydroxylation sites is 1. The minimum Gasteiger partial charge on any atom is -0.336 e. The summed E-state index contributed by atoms with van der Waals surface area (Å²) in [6, 6.07) is 15.7. The summed E-state index contributed by atoms with van der Waals surface area (Å²) >= 11 is 7.53. The Balaban J connectivity index is 1.83. The van der Waals surface area contributed by atoms with Crippen LogP contribution in [0.4, 0.5) is 0 Å². The molecule has 2 aromatic heterocycles. The zero-order valence-corrected chi connectivity index (χ0v) is 26.6. The van der Waals surface area contributed by atoms with Gasteiger partial charge >= 0.3 is 0 Å². The Morgan fingerprint density at radius 2 is 1.76 bits per heavy atom. The summed E-state index contributed by atoms with van der Waals surface area (Å²) in [4.78, 5) is 36.0. The van der Waals surface area contributed by atoms with E-state index in [9.17, 15) is 9.59 Å². The molecule has 0 aliphatic carbocycles. The number of amides is 1. The lowest BCUT2D eigenvalue weighted by Crippen LogP contribution is -2.43. The summed E-state index contributed by atoms with van der Waals surface area (Å²) in [6.45, 7) is 11.1. The number of hydrogen-bond acceptors (Lipinski definition) is 4. The van der Waals surface area contributed by atoms with Crippen LogP contribution in [0.5, 0.6) is 0 Å². The van der Waals surface area contributed by atoms with E-state index in [1.807, 2.05) is 54.5 Å². The van der Waals surface area contributed by atoms with Crippen molar-refractivity contribution in [2.75, 3.05) is 6.54 Å². The molecular weight excluding hydrogens is 562 g/mol. The average Bonchev–Trinajstić information content (AvgIpc) is 3.47. The fourth-order valence-corrected chi connectivity index (χ4v) is 6.76. The van der Waals surface area contributed by atoms with Crippen LogP contribution in [0.25, 0.3) is 33.6 Å². The Morgan fingerprint density at radius 3 is 2.38 bits per heavy atom. The fourth-order valence-electron chi connectivity index (χ4n) is 5.80. The Kier molecular flexibility index (Phi) is 9.14. The van der Waals surface area contributed by atoms with Gasteiger partial charge in [-0.3, -0.25) is 14.2 Å². The van der Waals surface area contributed by atoms with Crippen molar-refractivity contribution in [2.45, 2.75) is 72.8 Å². The Hall–Kier alpha value is -3.48. The maximum absolute atomic E-state index is 14.7. The maximum atomic E-state index is 14.7. The molecule has 3 heterocycles. The number of thiazole rings is 1. The van der Waals surface area contributed by atoms with Crippen molar-refractivity contribution in [2.24, 2.45) is 0 Å². The second-order valence-corrected chi connectivity index (χ2v) is 12.5. The highest BCUT2D eigenvalue weighted by Crippen LogP contribution is 2.33. The maximum Gasteiger partial charge on any atom is 0.265 e. The lowest BCUT2D eigenvalue weighted by molar-refractivity contribution is 0.0634. The predicted octanol–water partition coefficient (Wildman–Crippen LogP) is 8.84. The van der Waals surface area contributed by atoms with E-state index in [-0.39, 0.29) is 17.5 Å². The molecule has 1 saturated heterocycles. The SMILES string of the molecule is CCc1cccc(CC)c1-n1c(C=C(C)C)c(C(=O)N2CCCC[C@@H]2C)cc(-c2nc(-c3ccc(Cl)cc3)cs2)c1=O. The number of benzene rings is 2. The van der Waals surface area contributed by atoms with Crippen LogP contribution in [-0.2, 0) is 12.8 Å². The smallest absolute Gasteiger partial charge is 0.265 e. The monoisotopic (exact) mass is 599 g/mol. The van der Waals surface area contributed by atoms with Crippen molar-refractivity contribution < 1.29 is 4.79 Å². The first-order valence-electron chi connectivity index (χ1n) is 14.8. The quantitative estimate of drug-likeness (QED) is 0.213. The van der Waals surface area contributed by atoms with E-state index in [0.717, 1.165) is 65.7 Å². The molecule has 0 saturated carbocycles. The van der Waals surface area contributed by atoms with Gasteiger partial charge in [-0.2, -0.15) is 0 Å². The zero-order valence-electron chi connectivity index (χ0n) is 25.0. The normalized spacial score (nSPS) is 15.1. The van der Waals surface area contributed by atoms with Gasteiger partial charge in [0.05, 0.1) is 28.2 Å². The molecule has 1 amide bonds. The van der Waals surface area contributed by atoms with Crippen molar-refractivity contribution in [3.63, 3.8) is 0 Å². The number of aromatic nitrogens is 2. The van der Waals surface area contributed by atoms with Gasteiger partial charge in [0, 0.05) is 28.6 Å². The Labute approximate surface area is 257 Å². The third kappa shape index (κ3) is 5.88. The lowest BCUT2D eigenvalue weighted by Gasteiger charge is -2.34. The van der Waals surface area contributed by atoms with Gasteiger partial charge in [-0.1, -0.05) is 61.4 Å². The number of halogens is 1. The Morgan fingerprint density at radius 1 is 1.07 bits per heavy atom. The number of piperidine rings is 1. The largest absolute Gasteiger partial charge is 0.336 e. The molecule has 5 nitrogen and oxygen atoms in total. The molecule has 7 heteroatoms. The van der Waals surface area contributed by atoms with Crippen LogP contribution in [0.15, 0.2) is 64.3 Å². The van der Waals surface area contributed by atoms with Crippen LogP contribution in [0.2, 0.25) is 5.02 Å². The number of pyridine rings is 1. The van der Waals surface area contributed by atoms with E-state index < -0.39 is 0 Å². The van der Waals surface area contributed by atoms with E-state index in [2.05, 4.69) is 39.0 Å². The van der Waals surface area contributed by atoms with Crippen LogP contribution in [0.3, 0.4) is 0 Å². The van der Waals surface area contributed by atoms with Crippen molar-refractivity contribution in [1.29, 1.82) is 0 Å². The molecule has 1 aliphatic rings. The van der Waals surface area contributed by atoms with Crippen LogP contribution in [-0.4, -0.2) is 32.9 Å². The molecule has 1 atom stereocenters. The van der Waals surface area contributed by atoms with Crippen molar-refractivity contribution in [3.05, 3.63) is 97.2 Å². The van der Waals surface area contributed by atoms with E-state index in [1.54, 1.807) is 10.6 Å². The Bertz CT molecular complexity index is 1670. The van der Waals surface area contributed by atoms with Gasteiger partial charge in [-0.15, -0.1) is 11.3 Å². The van der Waals surface area contributed by atoms with Gasteiger partial charge in [-0.25, -0.2) is 4.98 Å². The first-order valence-corrected chi connectivity index (χ1v) is 16.1. The van der Waals surface area contributed by atoms with Crippen molar-refractivity contribution in [1.82, 2.24) is 14.5 Å². The van der Waals surface area contributed by atoms with Crippen molar-refractivity contribution in [3.8, 4) is 27.5 Å². The minimum atomic E-state index is -0.168. The number of rotatable bonds is 7. The van der Waals surface area contributed by atoms with Gasteiger partial charge in [0.25, 0.3) is 11.5 Å². The van der Waals surface area contributed by atoms with E-state index in [4.69, 9.17) is 16.6 Å². The topological polar surface area (TPSA) is 55.2 Å². The molecule has 5 rings (SSSR count). The molecular formula is C35H38ClN3O2S. The van der Waals surface area contributed by atoms with Crippen molar-refractivity contribution >= 4 is 34.9 Å². The predicted molar refractivity (Wildman–Crippen MR) is 176 cm³/mol. The number of hydrogen-bond donors (Lipinski definition) is 0. The molecule has 1 aliphatic heterocycles. The third-order valence-electron chi connectivity index (χ3n) is 8.02. The second kappa shape index (κ2) is 12.8. The van der Waals surface area contributed by atoms with Gasteiger partial charge in [0.15, 0.2) is 0 Å². The first-order chi connectivity index (χ1) is 20.2. The summed E-state index contributed by atoms with van der Waals surface area (Å²) in [7, 11) is 0. The number of nitrogens with zero attached hydrogens (tertiary/aromatic N) is 3. The molecule has 0 radical (unpaired) electrons. The molecule has 218 valence electrons. The molecule has 0 unspecified atom stereocenters. The minimum absolute atomic E-state index is 0.0359. The number of aryl methyl sites for hydroxylation is 2. The highest BCUT2D eigenvalue weighted by molar-refractivity contribution is 7.13. The standard InChI is InChI=1S/C35H38ClN3O2S/c1-6-24-12-10-13-25(7-2)32(24)39-31(19-22(3)4)28(34(40)38-18-9-8-11-23(38)5)20-29(35(39)41)33-37-30(21-42-33)26-14-16-27(36)17-15-26/h10,12-17,19-21,23H,6-9,11,18H2,1-5H3/t23-/m0/s1. The summed E-state index contributed by atoms with van der Waals surface area (Å²) in [6.07, 6.45) is 6.59. The first kappa shape index (κ1) is 30.0. The van der Waals surface area contributed by atoms with E-state index >= 15 is 0 Å². The summed E-state index contributed by atoms with van der Waals surface area (Å²) in [5.74, 6) is -0.0359. The summed E-state index contributed by atoms with van der Waals surface area (Å²) in [5.41, 5.74) is 7.17. The van der Waals surface area contributed by atoms with Gasteiger partial charge in [-0.05, 0) is 88.3 Å². The number of allylic oxidation sites excluding steroid dienone is 1. The molecule has 0 spiro atoms. The van der Waals surface area contributed by atoms with E-state index in [0.29, 0.717) is 33.4 Å². The summed E-state index contributed by atoms with van der Waals surface area (Å²) in [5, 5.41) is 3.21. The molecule has 1 fully saturated rings. The highest BCUT2D eigenvalue weighted by atomic mass is 35.5. The fraction of sp³-hybridized carbons (Fsp3) is 0.343. The van der Waals surface area contributed by atoms with Crippen LogP contribution < -0.4 is 5.56 Å². The van der Waals surface area contributed by atoms with E-state index in [1.165, 1.54) is 11.3 Å². The zero-order chi connectivity index (χ0) is 30.0. The van der Waals surface area contributed by atoms with Crippen LogP contribution >= 0.6 is 22.9 Å². The molecule has 0 bridgehead atoms. The molecule has 2 aromatic carbocycles. The lowest BCUT2D eigenvalue weighted by atomic mass is 9.98. The average molecular weight is 600 g/mol. The van der Waals surface area contributed by atoms with Crippen LogP contribution in [0.1, 0.15) is 81.1 Å². The highest BCUT2D eigenvalue weighted by Gasteiger charge is 2.30.